The smallest absolute Gasteiger partial charge is 0.456 e. The fraction of sp³-hybridized carbons (Fsp3) is 0.562. The van der Waals surface area contributed by atoms with Crippen molar-refractivity contribution in [3.05, 3.63) is 108 Å². The van der Waals surface area contributed by atoms with Gasteiger partial charge in [-0.2, -0.15) is 13.2 Å². The number of alkyl halides is 6. The summed E-state index contributed by atoms with van der Waals surface area (Å²) >= 11 is 18.1. The number of ether oxygens (including phenoxy) is 8. The Labute approximate surface area is 411 Å². The van der Waals surface area contributed by atoms with E-state index in [0.29, 0.717) is 5.56 Å². The average Bonchev–Trinajstić information content (AvgIpc) is 3.31. The first-order chi connectivity index (χ1) is 32.2. The molecule has 3 heterocycles. The molecule has 3 aliphatic heterocycles. The lowest BCUT2D eigenvalue weighted by atomic mass is 9.79. The maximum atomic E-state index is 14.5. The van der Waals surface area contributed by atoms with E-state index in [9.17, 15) is 27.6 Å². The maximum absolute atomic E-state index is 14.5. The SMILES string of the molecule is CC1C(C)[C@@H](C)[C@H](C)O[C@H]1O[C@H]1C(C(=O)OCc2ccccc2)O[C@@H](O[C@@H]2C(NC(=O)C(Cl)(Cl)Cl)C(OPC(=O)C(F)(F)F)OC(COCc3ccccc3)[C@@H]2C)C(OCc2ccccc2)[C@H]1C. The first-order valence-electron chi connectivity index (χ1n) is 22.4. The molecular weight excluding hydrogens is 977 g/mol. The standard InChI is InChI=1S/C48H58Cl3F3NO12P/c1-26-27(2)31(6)62-42(28(26)3)65-38-30(5)39(60-23-33-18-12-8-13-19-33)44(66-40(38)41(56)61-24-34-20-14-9-15-21-34)64-37-29(4)35(25-59-22-32-16-10-7-11-17-32)63-43(67-68-46(58)48(52,53)54)36(37)55-45(57)47(49,50)51/h7-21,26-31,35-40,42-44,68H,22-25H2,1-6H3,(H,55,57)/t26?,27-,28?,29+,30+,31+,35?,36?,37+,38-,39?,40?,42+,43?,44-/m1/s1. The Bertz CT molecular complexity index is 2080. The van der Waals surface area contributed by atoms with Crippen molar-refractivity contribution in [2.45, 2.75) is 133 Å². The summed E-state index contributed by atoms with van der Waals surface area (Å²) in [5, 5.41) is 2.51. The number of hydrogen-bond donors (Lipinski definition) is 1. The van der Waals surface area contributed by atoms with Crippen molar-refractivity contribution < 1.29 is 70.0 Å². The Morgan fingerprint density at radius 3 is 1.76 bits per heavy atom. The van der Waals surface area contributed by atoms with Crippen LogP contribution in [0.3, 0.4) is 0 Å². The van der Waals surface area contributed by atoms with Crippen molar-refractivity contribution in [3.63, 3.8) is 0 Å². The molecule has 6 rings (SSSR count). The van der Waals surface area contributed by atoms with E-state index in [1.165, 1.54) is 0 Å². The third-order valence-electron chi connectivity index (χ3n) is 12.9. The molecule has 1 amide bonds. The quantitative estimate of drug-likeness (QED) is 0.0737. The van der Waals surface area contributed by atoms with E-state index in [1.54, 1.807) is 31.2 Å². The fourth-order valence-corrected chi connectivity index (χ4v) is 9.09. The second kappa shape index (κ2) is 24.4. The first kappa shape index (κ1) is 54.4. The van der Waals surface area contributed by atoms with Gasteiger partial charge in [-0.15, -0.1) is 0 Å². The van der Waals surface area contributed by atoms with E-state index in [2.05, 4.69) is 19.2 Å². The summed E-state index contributed by atoms with van der Waals surface area (Å²) in [4.78, 5) is 40.2. The van der Waals surface area contributed by atoms with Crippen LogP contribution in [-0.4, -0.2) is 95.5 Å². The van der Waals surface area contributed by atoms with Gasteiger partial charge in [-0.05, 0) is 35.4 Å². The highest BCUT2D eigenvalue weighted by atomic mass is 35.6. The molecule has 0 aliphatic carbocycles. The lowest BCUT2D eigenvalue weighted by molar-refractivity contribution is -0.351. The Morgan fingerprint density at radius 1 is 0.632 bits per heavy atom. The zero-order valence-electron chi connectivity index (χ0n) is 38.3. The minimum atomic E-state index is -5.25. The zero-order valence-corrected chi connectivity index (χ0v) is 41.6. The lowest BCUT2D eigenvalue weighted by Gasteiger charge is -2.50. The Morgan fingerprint density at radius 2 is 1.19 bits per heavy atom. The van der Waals surface area contributed by atoms with Crippen LogP contribution in [0.25, 0.3) is 0 Å². The van der Waals surface area contributed by atoms with Crippen LogP contribution in [-0.2, 0) is 76.6 Å². The lowest BCUT2D eigenvalue weighted by Crippen LogP contribution is -2.66. The molecule has 0 radical (unpaired) electrons. The fourth-order valence-electron chi connectivity index (χ4n) is 8.39. The second-order valence-electron chi connectivity index (χ2n) is 17.6. The molecule has 0 aromatic heterocycles. The third-order valence-corrected chi connectivity index (χ3v) is 14.3. The number of hydrogen-bond acceptors (Lipinski definition) is 12. The summed E-state index contributed by atoms with van der Waals surface area (Å²) in [6.07, 6.45) is -15.4. The van der Waals surface area contributed by atoms with Gasteiger partial charge in [-0.25, -0.2) is 4.79 Å². The van der Waals surface area contributed by atoms with Gasteiger partial charge in [-0.1, -0.05) is 160 Å². The molecule has 68 heavy (non-hydrogen) atoms. The van der Waals surface area contributed by atoms with Gasteiger partial charge < -0.3 is 47.7 Å². The third kappa shape index (κ3) is 14.3. The molecule has 8 unspecified atom stereocenters. The van der Waals surface area contributed by atoms with Crippen LogP contribution in [0.1, 0.15) is 58.2 Å². The predicted octanol–water partition coefficient (Wildman–Crippen LogP) is 9.23. The molecule has 16 atom stereocenters. The zero-order chi connectivity index (χ0) is 49.3. The molecule has 3 aromatic rings. The number of carbonyl (C=O) groups excluding carboxylic acids is 3. The van der Waals surface area contributed by atoms with Crippen LogP contribution < -0.4 is 5.32 Å². The van der Waals surface area contributed by atoms with Gasteiger partial charge in [0.2, 0.25) is 0 Å². The van der Waals surface area contributed by atoms with E-state index < -0.39 is 103 Å². The van der Waals surface area contributed by atoms with Crippen molar-refractivity contribution in [2.24, 2.45) is 29.6 Å². The van der Waals surface area contributed by atoms with Crippen molar-refractivity contribution in [2.75, 3.05) is 6.61 Å². The molecule has 374 valence electrons. The van der Waals surface area contributed by atoms with Crippen LogP contribution in [0.4, 0.5) is 13.2 Å². The van der Waals surface area contributed by atoms with Crippen LogP contribution in [0, 0.1) is 29.6 Å². The number of nitrogens with one attached hydrogen (secondary N) is 1. The van der Waals surface area contributed by atoms with E-state index in [4.69, 9.17) is 77.2 Å². The number of benzene rings is 3. The van der Waals surface area contributed by atoms with Crippen LogP contribution >= 0.6 is 43.6 Å². The van der Waals surface area contributed by atoms with Gasteiger partial charge in [0.15, 0.2) is 25.0 Å². The molecule has 3 saturated heterocycles. The van der Waals surface area contributed by atoms with Crippen LogP contribution in [0.15, 0.2) is 91.0 Å². The van der Waals surface area contributed by atoms with Crippen molar-refractivity contribution in [1.82, 2.24) is 5.32 Å². The summed E-state index contributed by atoms with van der Waals surface area (Å²) in [5.74, 6) is -3.27. The summed E-state index contributed by atoms with van der Waals surface area (Å²) in [6, 6.07) is 25.9. The molecule has 0 saturated carbocycles. The number of esters is 1. The number of rotatable bonds is 18. The minimum Gasteiger partial charge on any atom is -0.459 e. The number of halogens is 6. The molecule has 20 heteroatoms. The predicted molar refractivity (Wildman–Crippen MR) is 247 cm³/mol. The molecule has 0 bridgehead atoms. The molecule has 3 fully saturated rings. The largest absolute Gasteiger partial charge is 0.459 e. The monoisotopic (exact) mass is 1030 g/mol. The molecular formula is C48H58Cl3F3NO12P. The van der Waals surface area contributed by atoms with E-state index in [0.717, 1.165) is 11.1 Å². The Balaban J connectivity index is 1.39. The van der Waals surface area contributed by atoms with Gasteiger partial charge >= 0.3 is 12.1 Å². The highest BCUT2D eigenvalue weighted by Crippen LogP contribution is 2.42. The maximum Gasteiger partial charge on any atom is 0.456 e. The van der Waals surface area contributed by atoms with E-state index >= 15 is 0 Å². The highest BCUT2D eigenvalue weighted by molar-refractivity contribution is 7.53. The molecule has 0 spiro atoms. The number of amides is 1. The van der Waals surface area contributed by atoms with Gasteiger partial charge in [0.25, 0.3) is 15.2 Å². The van der Waals surface area contributed by atoms with Crippen molar-refractivity contribution in [1.29, 1.82) is 0 Å². The molecule has 13 nitrogen and oxygen atoms in total. The molecule has 3 aromatic carbocycles. The van der Waals surface area contributed by atoms with Gasteiger partial charge in [0.05, 0.1) is 46.9 Å². The Kier molecular flexibility index (Phi) is 19.5. The molecule has 3 aliphatic rings. The minimum absolute atomic E-state index is 0.0376. The average molecular weight is 1040 g/mol. The summed E-state index contributed by atoms with van der Waals surface area (Å²) in [5.41, 5.74) is 0.113. The second-order valence-corrected chi connectivity index (χ2v) is 20.7. The van der Waals surface area contributed by atoms with E-state index in [1.807, 2.05) is 87.5 Å². The van der Waals surface area contributed by atoms with Gasteiger partial charge in [-0.3, -0.25) is 9.59 Å². The van der Waals surface area contributed by atoms with Crippen LogP contribution in [0.2, 0.25) is 0 Å². The first-order valence-corrected chi connectivity index (χ1v) is 24.4. The van der Waals surface area contributed by atoms with Crippen molar-refractivity contribution in [3.8, 4) is 0 Å². The van der Waals surface area contributed by atoms with Crippen LogP contribution in [0.5, 0.6) is 0 Å². The summed E-state index contributed by atoms with van der Waals surface area (Å²) < 4.78 is 95.4. The highest BCUT2D eigenvalue weighted by Gasteiger charge is 2.55. The normalized spacial score (nSPS) is 32.4. The summed E-state index contributed by atoms with van der Waals surface area (Å²) in [7, 11) is -1.82. The van der Waals surface area contributed by atoms with Crippen molar-refractivity contribution >= 4 is 61.0 Å². The van der Waals surface area contributed by atoms with E-state index in [-0.39, 0.29) is 50.3 Å². The topological polar surface area (TPSA) is 146 Å². The number of carbonyl (C=O) groups is 3. The van der Waals surface area contributed by atoms with Gasteiger partial charge in [0, 0.05) is 17.8 Å². The van der Waals surface area contributed by atoms with Gasteiger partial charge in [0.1, 0.15) is 24.9 Å². The Hall–Kier alpha value is -2.96. The molecule has 1 N–H and O–H groups in total. The summed E-state index contributed by atoms with van der Waals surface area (Å²) in [6.45, 7) is 11.6.